The van der Waals surface area contributed by atoms with Gasteiger partial charge in [-0.05, 0) is 49.2 Å². The summed E-state index contributed by atoms with van der Waals surface area (Å²) >= 11 is 1.27. The molecule has 0 fully saturated rings. The molecule has 35 heavy (non-hydrogen) atoms. The molecule has 3 aromatic heterocycles. The van der Waals surface area contributed by atoms with Crippen LogP contribution in [-0.4, -0.2) is 47.0 Å². The molecule has 4 aromatic rings. The summed E-state index contributed by atoms with van der Waals surface area (Å²) < 4.78 is 24.8. The Kier molecular flexibility index (Phi) is 7.08. The molecule has 11 heteroatoms. The number of pyridine rings is 1. The summed E-state index contributed by atoms with van der Waals surface area (Å²) in [6.07, 6.45) is 4.85. The molecule has 0 unspecified atom stereocenters. The average Bonchev–Trinajstić information content (AvgIpc) is 3.54. The van der Waals surface area contributed by atoms with Gasteiger partial charge in [0.2, 0.25) is 5.91 Å². The number of carbonyl (C=O) groups is 2. The zero-order valence-corrected chi connectivity index (χ0v) is 20.6. The van der Waals surface area contributed by atoms with Gasteiger partial charge in [-0.3, -0.25) is 14.6 Å². The van der Waals surface area contributed by atoms with Crippen molar-refractivity contribution in [2.75, 3.05) is 11.9 Å². The number of benzene rings is 1. The number of rotatable bonds is 8. The molecule has 0 atom stereocenters. The molecule has 3 N–H and O–H groups in total. The minimum absolute atomic E-state index is 0.0305. The molecule has 0 aliphatic heterocycles. The first-order valence-electron chi connectivity index (χ1n) is 10.7. The number of amides is 2. The number of nitrogens with zero attached hydrogens (tertiary/aromatic N) is 2. The van der Waals surface area contributed by atoms with Gasteiger partial charge in [0.05, 0.1) is 23.1 Å². The third-order valence-electron chi connectivity index (χ3n) is 5.19. The molecule has 4 rings (SSSR count). The van der Waals surface area contributed by atoms with Crippen molar-refractivity contribution in [1.82, 2.24) is 20.3 Å². The van der Waals surface area contributed by atoms with Gasteiger partial charge in [-0.15, -0.1) is 11.3 Å². The molecule has 9 nitrogen and oxygen atoms in total. The van der Waals surface area contributed by atoms with Crippen LogP contribution >= 0.6 is 11.3 Å². The Morgan fingerprint density at radius 3 is 2.54 bits per heavy atom. The maximum atomic E-state index is 12.5. The van der Waals surface area contributed by atoms with Crippen molar-refractivity contribution >= 4 is 38.1 Å². The molecule has 2 amide bonds. The van der Waals surface area contributed by atoms with E-state index < -0.39 is 26.9 Å². The number of aromatic nitrogens is 3. The summed E-state index contributed by atoms with van der Waals surface area (Å²) in [5.41, 5.74) is 3.64. The number of aromatic amines is 1. The van der Waals surface area contributed by atoms with Crippen LogP contribution in [0.3, 0.4) is 0 Å². The minimum Gasteiger partial charge on any atom is -0.352 e. The summed E-state index contributed by atoms with van der Waals surface area (Å²) in [5, 5.41) is 6.48. The van der Waals surface area contributed by atoms with E-state index >= 15 is 0 Å². The van der Waals surface area contributed by atoms with Crippen molar-refractivity contribution in [3.8, 4) is 22.4 Å². The van der Waals surface area contributed by atoms with E-state index in [-0.39, 0.29) is 17.1 Å². The standard InChI is InChI=1S/C24H23N5O4S2/c1-15(2)35(32,33)23-19(8-11-26-23)22(31)27-13-21(30)29-24-28-20(14-34-24)18-5-3-4-17(12-18)16-6-9-25-10-7-16/h3-12,14-15,26H,13H2,1-2H3,(H,27,31)(H,28,29,30). The van der Waals surface area contributed by atoms with Crippen molar-refractivity contribution in [3.05, 3.63) is 72.0 Å². The molecule has 0 bridgehead atoms. The second-order valence-electron chi connectivity index (χ2n) is 7.90. The van der Waals surface area contributed by atoms with Gasteiger partial charge in [0, 0.05) is 29.5 Å². The first-order chi connectivity index (χ1) is 16.8. The highest BCUT2D eigenvalue weighted by Gasteiger charge is 2.27. The van der Waals surface area contributed by atoms with Gasteiger partial charge in [0.15, 0.2) is 15.0 Å². The molecule has 0 aliphatic rings. The highest BCUT2D eigenvalue weighted by atomic mass is 32.2. The molecular weight excluding hydrogens is 486 g/mol. The number of hydrogen-bond donors (Lipinski definition) is 3. The Labute approximate surface area is 206 Å². The first-order valence-corrected chi connectivity index (χ1v) is 13.1. The molecule has 0 aliphatic carbocycles. The van der Waals surface area contributed by atoms with Crippen LogP contribution in [0.1, 0.15) is 24.2 Å². The Balaban J connectivity index is 1.39. The molecule has 0 saturated carbocycles. The third-order valence-corrected chi connectivity index (χ3v) is 8.10. The minimum atomic E-state index is -3.67. The summed E-state index contributed by atoms with van der Waals surface area (Å²) in [5.74, 6) is -1.14. The molecule has 0 spiro atoms. The van der Waals surface area contributed by atoms with Crippen LogP contribution in [0.25, 0.3) is 22.4 Å². The highest BCUT2D eigenvalue weighted by molar-refractivity contribution is 7.92. The molecule has 180 valence electrons. The molecule has 0 saturated heterocycles. The fraction of sp³-hybridized carbons (Fsp3) is 0.167. The summed E-state index contributed by atoms with van der Waals surface area (Å²) in [4.78, 5) is 36.0. The number of sulfone groups is 1. The van der Waals surface area contributed by atoms with E-state index in [1.807, 2.05) is 41.8 Å². The lowest BCUT2D eigenvalue weighted by Gasteiger charge is -2.09. The van der Waals surface area contributed by atoms with E-state index in [2.05, 4.69) is 25.6 Å². The number of hydrogen-bond acceptors (Lipinski definition) is 7. The molecule has 0 radical (unpaired) electrons. The summed E-state index contributed by atoms with van der Waals surface area (Å²) in [6, 6.07) is 13.1. The van der Waals surface area contributed by atoms with Crippen molar-refractivity contribution in [1.29, 1.82) is 0 Å². The number of nitrogens with one attached hydrogen (secondary N) is 3. The fourth-order valence-corrected chi connectivity index (χ4v) is 5.20. The second kappa shape index (κ2) is 10.2. The normalized spacial score (nSPS) is 11.4. The summed E-state index contributed by atoms with van der Waals surface area (Å²) in [7, 11) is -3.67. The second-order valence-corrected chi connectivity index (χ2v) is 11.2. The van der Waals surface area contributed by atoms with Gasteiger partial charge in [-0.2, -0.15) is 0 Å². The van der Waals surface area contributed by atoms with E-state index in [4.69, 9.17) is 0 Å². The predicted molar refractivity (Wildman–Crippen MR) is 135 cm³/mol. The molecular formula is C24H23N5O4S2. The largest absolute Gasteiger partial charge is 0.352 e. The van der Waals surface area contributed by atoms with Crippen molar-refractivity contribution in [3.63, 3.8) is 0 Å². The number of H-pyrrole nitrogens is 1. The van der Waals surface area contributed by atoms with E-state index in [0.717, 1.165) is 16.7 Å². The molecule has 1 aromatic carbocycles. The summed E-state index contributed by atoms with van der Waals surface area (Å²) in [6.45, 7) is 2.73. The Bertz CT molecular complexity index is 1460. The van der Waals surface area contributed by atoms with Crippen LogP contribution in [0.2, 0.25) is 0 Å². The van der Waals surface area contributed by atoms with Crippen molar-refractivity contribution in [2.24, 2.45) is 0 Å². The van der Waals surface area contributed by atoms with Gasteiger partial charge >= 0.3 is 0 Å². The monoisotopic (exact) mass is 509 g/mol. The van der Waals surface area contributed by atoms with Crippen molar-refractivity contribution < 1.29 is 18.0 Å². The van der Waals surface area contributed by atoms with E-state index in [0.29, 0.717) is 10.8 Å². The van der Waals surface area contributed by atoms with Crippen LogP contribution in [0, 0.1) is 0 Å². The van der Waals surface area contributed by atoms with E-state index in [1.165, 1.54) is 37.4 Å². The quantitative estimate of drug-likeness (QED) is 0.331. The lowest BCUT2D eigenvalue weighted by molar-refractivity contribution is -0.115. The van der Waals surface area contributed by atoms with Gasteiger partial charge in [-0.1, -0.05) is 18.2 Å². The zero-order chi connectivity index (χ0) is 25.0. The van der Waals surface area contributed by atoms with Gasteiger partial charge in [0.1, 0.15) is 5.03 Å². The van der Waals surface area contributed by atoms with Crippen molar-refractivity contribution in [2.45, 2.75) is 24.1 Å². The lowest BCUT2D eigenvalue weighted by atomic mass is 10.0. The lowest BCUT2D eigenvalue weighted by Crippen LogP contribution is -2.33. The zero-order valence-electron chi connectivity index (χ0n) is 19.0. The predicted octanol–water partition coefficient (Wildman–Crippen LogP) is 3.75. The Hall–Kier alpha value is -3.83. The number of carbonyl (C=O) groups excluding carboxylic acids is 2. The molecule has 3 heterocycles. The first kappa shape index (κ1) is 24.3. The average molecular weight is 510 g/mol. The van der Waals surface area contributed by atoms with Crippen LogP contribution < -0.4 is 10.6 Å². The number of thiazole rings is 1. The smallest absolute Gasteiger partial charge is 0.254 e. The third kappa shape index (κ3) is 5.47. The van der Waals surface area contributed by atoms with Gasteiger partial charge in [-0.25, -0.2) is 13.4 Å². The van der Waals surface area contributed by atoms with Crippen LogP contribution in [0.15, 0.2) is 71.5 Å². The van der Waals surface area contributed by atoms with E-state index in [9.17, 15) is 18.0 Å². The van der Waals surface area contributed by atoms with E-state index in [1.54, 1.807) is 12.4 Å². The topological polar surface area (TPSA) is 134 Å². The SMILES string of the molecule is CC(C)S(=O)(=O)c1[nH]ccc1C(=O)NCC(=O)Nc1nc(-c2cccc(-c3ccncc3)c2)cs1. The van der Waals surface area contributed by atoms with Crippen LogP contribution in [0.5, 0.6) is 0 Å². The number of anilines is 1. The highest BCUT2D eigenvalue weighted by Crippen LogP contribution is 2.28. The fourth-order valence-electron chi connectivity index (χ4n) is 3.29. The Morgan fingerprint density at radius 1 is 1.06 bits per heavy atom. The maximum Gasteiger partial charge on any atom is 0.254 e. The maximum absolute atomic E-state index is 12.5. The van der Waals surface area contributed by atoms with Crippen LogP contribution in [-0.2, 0) is 14.6 Å². The van der Waals surface area contributed by atoms with Crippen LogP contribution in [0.4, 0.5) is 5.13 Å². The van der Waals surface area contributed by atoms with Gasteiger partial charge < -0.3 is 15.6 Å². The Morgan fingerprint density at radius 2 is 1.80 bits per heavy atom. The van der Waals surface area contributed by atoms with Gasteiger partial charge in [0.25, 0.3) is 5.91 Å².